The third-order valence-corrected chi connectivity index (χ3v) is 2.42. The fourth-order valence-corrected chi connectivity index (χ4v) is 1.61. The van der Waals surface area contributed by atoms with Gasteiger partial charge >= 0.3 is 5.97 Å². The highest BCUT2D eigenvalue weighted by atomic mass is 16.6. The predicted octanol–water partition coefficient (Wildman–Crippen LogP) is 1.35. The molecule has 0 saturated carbocycles. The summed E-state index contributed by atoms with van der Waals surface area (Å²) in [5.74, 6) is 0.383. The van der Waals surface area contributed by atoms with Gasteiger partial charge in [0.25, 0.3) is 0 Å². The minimum absolute atomic E-state index is 0.0744. The first kappa shape index (κ1) is 11.3. The summed E-state index contributed by atoms with van der Waals surface area (Å²) in [6.45, 7) is 0. The van der Waals surface area contributed by atoms with Crippen LogP contribution in [0.4, 0.5) is 0 Å². The fraction of sp³-hybridized carbons (Fsp3) is 0.250. The molecule has 1 heterocycles. The van der Waals surface area contributed by atoms with Crippen LogP contribution in [0.3, 0.4) is 0 Å². The van der Waals surface area contributed by atoms with Crippen molar-refractivity contribution < 1.29 is 24.1 Å². The van der Waals surface area contributed by atoms with E-state index in [1.807, 2.05) is 0 Å². The van der Waals surface area contributed by atoms with Gasteiger partial charge in [-0.2, -0.15) is 0 Å². The molecule has 5 heteroatoms. The SMILES string of the molecule is COC(=O)C1C=Cc2cc(O)cc(OC)c2O1. The molecule has 1 unspecified atom stereocenters. The Kier molecular flexibility index (Phi) is 2.91. The van der Waals surface area contributed by atoms with Crippen molar-refractivity contribution in [3.63, 3.8) is 0 Å². The number of methoxy groups -OCH3 is 2. The topological polar surface area (TPSA) is 65.0 Å². The van der Waals surface area contributed by atoms with Gasteiger partial charge in [-0.3, -0.25) is 0 Å². The molecule has 0 aromatic heterocycles. The van der Waals surface area contributed by atoms with Gasteiger partial charge in [-0.1, -0.05) is 6.08 Å². The minimum Gasteiger partial charge on any atom is -0.508 e. The van der Waals surface area contributed by atoms with Gasteiger partial charge < -0.3 is 19.3 Å². The van der Waals surface area contributed by atoms with Crippen molar-refractivity contribution in [1.29, 1.82) is 0 Å². The maximum Gasteiger partial charge on any atom is 0.351 e. The van der Waals surface area contributed by atoms with Gasteiger partial charge in [-0.05, 0) is 12.1 Å². The lowest BCUT2D eigenvalue weighted by Crippen LogP contribution is -2.28. The van der Waals surface area contributed by atoms with E-state index in [0.717, 1.165) is 0 Å². The van der Waals surface area contributed by atoms with Crippen LogP contribution in [-0.2, 0) is 9.53 Å². The molecule has 1 atom stereocenters. The molecule has 5 nitrogen and oxygen atoms in total. The Balaban J connectivity index is 2.40. The van der Waals surface area contributed by atoms with Crippen LogP contribution >= 0.6 is 0 Å². The quantitative estimate of drug-likeness (QED) is 0.785. The molecule has 0 bridgehead atoms. The van der Waals surface area contributed by atoms with Gasteiger partial charge in [0.2, 0.25) is 6.10 Å². The first-order valence-electron chi connectivity index (χ1n) is 4.99. The van der Waals surface area contributed by atoms with Crippen LogP contribution in [0.2, 0.25) is 0 Å². The summed E-state index contributed by atoms with van der Waals surface area (Å²) in [5.41, 5.74) is 0.655. The van der Waals surface area contributed by atoms with Crippen molar-refractivity contribution in [3.8, 4) is 17.2 Å². The lowest BCUT2D eigenvalue weighted by atomic mass is 10.1. The van der Waals surface area contributed by atoms with Gasteiger partial charge in [-0.15, -0.1) is 0 Å². The van der Waals surface area contributed by atoms with Crippen molar-refractivity contribution >= 4 is 12.0 Å². The number of fused-ring (bicyclic) bond motifs is 1. The molecule has 2 rings (SSSR count). The first-order valence-corrected chi connectivity index (χ1v) is 4.99. The van der Waals surface area contributed by atoms with Crippen molar-refractivity contribution in [1.82, 2.24) is 0 Å². The van der Waals surface area contributed by atoms with Crippen LogP contribution in [0, 0.1) is 0 Å². The molecular weight excluding hydrogens is 224 g/mol. The third-order valence-electron chi connectivity index (χ3n) is 2.42. The summed E-state index contributed by atoms with van der Waals surface area (Å²) in [6.07, 6.45) is 2.46. The maximum atomic E-state index is 11.4. The van der Waals surface area contributed by atoms with Crippen molar-refractivity contribution in [2.24, 2.45) is 0 Å². The molecule has 0 saturated heterocycles. The number of aromatic hydroxyl groups is 1. The number of benzene rings is 1. The lowest BCUT2D eigenvalue weighted by molar-refractivity contribution is -0.146. The summed E-state index contributed by atoms with van der Waals surface area (Å²) in [6, 6.07) is 2.95. The second-order valence-corrected chi connectivity index (χ2v) is 3.49. The van der Waals surface area contributed by atoms with Gasteiger partial charge in [0.05, 0.1) is 14.2 Å². The zero-order chi connectivity index (χ0) is 12.4. The van der Waals surface area contributed by atoms with Crippen LogP contribution in [0.5, 0.6) is 17.2 Å². The molecule has 1 aromatic rings. The van der Waals surface area contributed by atoms with E-state index in [9.17, 15) is 9.90 Å². The Morgan fingerprint density at radius 2 is 2.18 bits per heavy atom. The number of hydrogen-bond acceptors (Lipinski definition) is 5. The molecule has 1 aromatic carbocycles. The monoisotopic (exact) mass is 236 g/mol. The second-order valence-electron chi connectivity index (χ2n) is 3.49. The summed E-state index contributed by atoms with van der Waals surface area (Å²) < 4.78 is 15.1. The molecule has 90 valence electrons. The highest BCUT2D eigenvalue weighted by Crippen LogP contribution is 2.39. The van der Waals surface area contributed by atoms with E-state index in [4.69, 9.17) is 9.47 Å². The van der Waals surface area contributed by atoms with E-state index >= 15 is 0 Å². The summed E-state index contributed by atoms with van der Waals surface area (Å²) >= 11 is 0. The Labute approximate surface area is 98.2 Å². The molecule has 0 radical (unpaired) electrons. The number of ether oxygens (including phenoxy) is 3. The number of phenolic OH excluding ortho intramolecular Hbond substituents is 1. The number of hydrogen-bond donors (Lipinski definition) is 1. The van der Waals surface area contributed by atoms with E-state index in [-0.39, 0.29) is 5.75 Å². The smallest absolute Gasteiger partial charge is 0.351 e. The predicted molar refractivity (Wildman–Crippen MR) is 60.1 cm³/mol. The number of carbonyl (C=O) groups is 1. The third kappa shape index (κ3) is 2.04. The van der Waals surface area contributed by atoms with Crippen LogP contribution < -0.4 is 9.47 Å². The van der Waals surface area contributed by atoms with Crippen LogP contribution in [0.15, 0.2) is 18.2 Å². The molecule has 0 amide bonds. The Bertz CT molecular complexity index is 478. The number of phenols is 1. The Hall–Kier alpha value is -2.17. The summed E-state index contributed by atoms with van der Waals surface area (Å²) in [5, 5.41) is 9.46. The van der Waals surface area contributed by atoms with Gasteiger partial charge in [0, 0.05) is 11.6 Å². The summed E-state index contributed by atoms with van der Waals surface area (Å²) in [7, 11) is 2.76. The Morgan fingerprint density at radius 3 is 2.82 bits per heavy atom. The van der Waals surface area contributed by atoms with Crippen molar-refractivity contribution in [2.75, 3.05) is 14.2 Å². The molecule has 17 heavy (non-hydrogen) atoms. The average Bonchev–Trinajstić information content (AvgIpc) is 2.36. The highest BCUT2D eigenvalue weighted by Gasteiger charge is 2.25. The number of esters is 1. The zero-order valence-corrected chi connectivity index (χ0v) is 9.47. The first-order chi connectivity index (χ1) is 8.15. The number of rotatable bonds is 2. The van der Waals surface area contributed by atoms with Gasteiger partial charge in [0.1, 0.15) is 5.75 Å². The molecule has 0 aliphatic carbocycles. The molecule has 1 aliphatic heterocycles. The minimum atomic E-state index is -0.786. The molecule has 0 fully saturated rings. The standard InChI is InChI=1S/C12H12O5/c1-15-10-6-8(13)5-7-3-4-9(12(14)16-2)17-11(7)10/h3-6,9,13H,1-2H3. The molecule has 0 spiro atoms. The zero-order valence-electron chi connectivity index (χ0n) is 9.47. The fourth-order valence-electron chi connectivity index (χ4n) is 1.61. The lowest BCUT2D eigenvalue weighted by Gasteiger charge is -2.21. The van der Waals surface area contributed by atoms with E-state index < -0.39 is 12.1 Å². The molecule has 1 aliphatic rings. The molecule has 1 N–H and O–H groups in total. The van der Waals surface area contributed by atoms with E-state index in [1.54, 1.807) is 12.2 Å². The van der Waals surface area contributed by atoms with Gasteiger partial charge in [0.15, 0.2) is 11.5 Å². The van der Waals surface area contributed by atoms with E-state index in [0.29, 0.717) is 17.1 Å². The van der Waals surface area contributed by atoms with E-state index in [1.165, 1.54) is 26.4 Å². The average molecular weight is 236 g/mol. The van der Waals surface area contributed by atoms with Crippen LogP contribution in [0.1, 0.15) is 5.56 Å². The van der Waals surface area contributed by atoms with Crippen LogP contribution in [0.25, 0.3) is 6.08 Å². The van der Waals surface area contributed by atoms with Crippen molar-refractivity contribution in [2.45, 2.75) is 6.10 Å². The largest absolute Gasteiger partial charge is 0.508 e. The highest BCUT2D eigenvalue weighted by molar-refractivity contribution is 5.81. The Morgan fingerprint density at radius 1 is 1.41 bits per heavy atom. The van der Waals surface area contributed by atoms with Gasteiger partial charge in [-0.25, -0.2) is 4.79 Å². The maximum absolute atomic E-state index is 11.4. The van der Waals surface area contributed by atoms with E-state index in [2.05, 4.69) is 4.74 Å². The number of carbonyl (C=O) groups excluding carboxylic acids is 1. The molecular formula is C12H12O5. The van der Waals surface area contributed by atoms with Crippen LogP contribution in [-0.4, -0.2) is 31.4 Å². The normalized spacial score (nSPS) is 16.9. The second kappa shape index (κ2) is 4.37. The summed E-state index contributed by atoms with van der Waals surface area (Å²) in [4.78, 5) is 11.4. The van der Waals surface area contributed by atoms with Crippen molar-refractivity contribution in [3.05, 3.63) is 23.8 Å².